The lowest BCUT2D eigenvalue weighted by atomic mass is 10.2. The van der Waals surface area contributed by atoms with E-state index in [0.29, 0.717) is 23.1 Å². The minimum Gasteiger partial charge on any atom is -0.454 e. The van der Waals surface area contributed by atoms with Crippen LogP contribution >= 0.6 is 15.9 Å². The van der Waals surface area contributed by atoms with Crippen molar-refractivity contribution in [3.05, 3.63) is 53.3 Å². The van der Waals surface area contributed by atoms with E-state index in [1.165, 1.54) is 6.33 Å². The van der Waals surface area contributed by atoms with Crippen molar-refractivity contribution in [3.63, 3.8) is 0 Å². The van der Waals surface area contributed by atoms with E-state index in [2.05, 4.69) is 36.5 Å². The van der Waals surface area contributed by atoms with Crippen molar-refractivity contribution in [1.82, 2.24) is 9.97 Å². The van der Waals surface area contributed by atoms with Crippen LogP contribution < -0.4 is 25.8 Å². The summed E-state index contributed by atoms with van der Waals surface area (Å²) in [7, 11) is 0. The van der Waals surface area contributed by atoms with Gasteiger partial charge in [-0.05, 0) is 40.2 Å². The van der Waals surface area contributed by atoms with E-state index in [1.807, 2.05) is 42.5 Å². The van der Waals surface area contributed by atoms with Gasteiger partial charge < -0.3 is 25.8 Å². The molecule has 2 heterocycles. The smallest absolute Gasteiger partial charge is 0.231 e. The minimum atomic E-state index is 0.231. The van der Waals surface area contributed by atoms with Crippen LogP contribution in [0.5, 0.6) is 11.5 Å². The van der Waals surface area contributed by atoms with Crippen molar-refractivity contribution < 1.29 is 9.47 Å². The predicted molar refractivity (Wildman–Crippen MR) is 99.7 cm³/mol. The standard InChI is InChI=1S/C17H14BrN5O2/c18-11-3-1-2-4-12(11)23-17-15(19)16(20-8-21-17)22-10-5-6-13-14(7-10)25-9-24-13/h1-8H,9,19H2,(H2,20,21,22,23). The van der Waals surface area contributed by atoms with Crippen LogP contribution in [0.2, 0.25) is 0 Å². The van der Waals surface area contributed by atoms with Gasteiger partial charge in [0.05, 0.1) is 5.69 Å². The molecule has 3 aromatic rings. The van der Waals surface area contributed by atoms with E-state index in [0.717, 1.165) is 21.6 Å². The van der Waals surface area contributed by atoms with Crippen molar-refractivity contribution >= 4 is 44.6 Å². The first kappa shape index (κ1) is 15.5. The Balaban J connectivity index is 1.60. The number of rotatable bonds is 4. The molecule has 0 bridgehead atoms. The quantitative estimate of drug-likeness (QED) is 0.609. The molecule has 0 spiro atoms. The fourth-order valence-corrected chi connectivity index (χ4v) is 2.78. The van der Waals surface area contributed by atoms with Crippen molar-refractivity contribution in [2.45, 2.75) is 0 Å². The number of anilines is 5. The molecule has 0 amide bonds. The molecule has 0 unspecified atom stereocenters. The first-order chi connectivity index (χ1) is 12.2. The van der Waals surface area contributed by atoms with Crippen LogP contribution in [0.25, 0.3) is 0 Å². The van der Waals surface area contributed by atoms with Crippen molar-refractivity contribution in [2.75, 3.05) is 23.2 Å². The highest BCUT2D eigenvalue weighted by molar-refractivity contribution is 9.10. The van der Waals surface area contributed by atoms with Gasteiger partial charge >= 0.3 is 0 Å². The zero-order chi connectivity index (χ0) is 17.2. The maximum atomic E-state index is 6.22. The molecule has 4 N–H and O–H groups in total. The molecule has 0 saturated carbocycles. The number of hydrogen-bond donors (Lipinski definition) is 3. The second-order valence-electron chi connectivity index (χ2n) is 5.28. The van der Waals surface area contributed by atoms with Crippen LogP contribution in [0.4, 0.5) is 28.7 Å². The van der Waals surface area contributed by atoms with Gasteiger partial charge in [-0.25, -0.2) is 9.97 Å². The van der Waals surface area contributed by atoms with Crippen LogP contribution in [-0.2, 0) is 0 Å². The summed E-state index contributed by atoms with van der Waals surface area (Å²) >= 11 is 3.49. The molecule has 2 aromatic carbocycles. The molecule has 8 heteroatoms. The number of nitrogens with two attached hydrogens (primary N) is 1. The Morgan fingerprint density at radius 1 is 0.960 bits per heavy atom. The zero-order valence-corrected chi connectivity index (χ0v) is 14.6. The number of aromatic nitrogens is 2. The molecular weight excluding hydrogens is 386 g/mol. The van der Waals surface area contributed by atoms with Crippen LogP contribution in [0.3, 0.4) is 0 Å². The predicted octanol–water partition coefficient (Wildman–Crippen LogP) is 4.04. The third-order valence-electron chi connectivity index (χ3n) is 3.65. The first-order valence-corrected chi connectivity index (χ1v) is 8.29. The topological polar surface area (TPSA) is 94.3 Å². The Labute approximate surface area is 152 Å². The van der Waals surface area contributed by atoms with E-state index in [4.69, 9.17) is 15.2 Å². The maximum Gasteiger partial charge on any atom is 0.231 e. The van der Waals surface area contributed by atoms with Crippen molar-refractivity contribution in [3.8, 4) is 11.5 Å². The van der Waals surface area contributed by atoms with Crippen molar-refractivity contribution in [2.24, 2.45) is 0 Å². The number of ether oxygens (including phenoxy) is 2. The summed E-state index contributed by atoms with van der Waals surface area (Å²) < 4.78 is 11.6. The Morgan fingerprint density at radius 2 is 1.72 bits per heavy atom. The van der Waals surface area contributed by atoms with E-state index < -0.39 is 0 Å². The molecule has 25 heavy (non-hydrogen) atoms. The fraction of sp³-hybridized carbons (Fsp3) is 0.0588. The SMILES string of the molecule is Nc1c(Nc2ccc3c(c2)OCO3)ncnc1Nc1ccccc1Br. The van der Waals surface area contributed by atoms with Gasteiger partial charge in [0.2, 0.25) is 6.79 Å². The summed E-state index contributed by atoms with van der Waals surface area (Å²) in [5.41, 5.74) is 8.29. The molecular formula is C17H14BrN5O2. The van der Waals surface area contributed by atoms with Gasteiger partial charge in [0, 0.05) is 16.2 Å². The Hall–Kier alpha value is -3.00. The second-order valence-corrected chi connectivity index (χ2v) is 6.14. The van der Waals surface area contributed by atoms with Crippen molar-refractivity contribution in [1.29, 1.82) is 0 Å². The molecule has 7 nitrogen and oxygen atoms in total. The molecule has 1 aliphatic rings. The van der Waals surface area contributed by atoms with Crippen LogP contribution in [0.15, 0.2) is 53.3 Å². The summed E-state index contributed by atoms with van der Waals surface area (Å²) in [5, 5.41) is 6.38. The third kappa shape index (κ3) is 3.16. The van der Waals surface area contributed by atoms with Gasteiger partial charge in [-0.15, -0.1) is 0 Å². The molecule has 1 aromatic heterocycles. The highest BCUT2D eigenvalue weighted by Gasteiger charge is 2.15. The Morgan fingerprint density at radius 3 is 2.56 bits per heavy atom. The molecule has 0 saturated heterocycles. The largest absolute Gasteiger partial charge is 0.454 e. The van der Waals surface area contributed by atoms with Gasteiger partial charge in [-0.2, -0.15) is 0 Å². The monoisotopic (exact) mass is 399 g/mol. The molecule has 126 valence electrons. The molecule has 0 radical (unpaired) electrons. The minimum absolute atomic E-state index is 0.231. The summed E-state index contributed by atoms with van der Waals surface area (Å²) in [6.07, 6.45) is 1.45. The zero-order valence-electron chi connectivity index (χ0n) is 13.0. The lowest BCUT2D eigenvalue weighted by molar-refractivity contribution is 0.174. The average molecular weight is 400 g/mol. The number of benzene rings is 2. The van der Waals surface area contributed by atoms with E-state index in [1.54, 1.807) is 0 Å². The summed E-state index contributed by atoms with van der Waals surface area (Å²) in [6.45, 7) is 0.231. The van der Waals surface area contributed by atoms with Gasteiger partial charge in [0.1, 0.15) is 12.0 Å². The number of para-hydroxylation sites is 1. The third-order valence-corrected chi connectivity index (χ3v) is 4.34. The number of fused-ring (bicyclic) bond motifs is 1. The molecule has 0 aliphatic carbocycles. The lowest BCUT2D eigenvalue weighted by Crippen LogP contribution is -2.05. The first-order valence-electron chi connectivity index (χ1n) is 7.49. The van der Waals surface area contributed by atoms with Crippen LogP contribution in [-0.4, -0.2) is 16.8 Å². The number of halogens is 1. The van der Waals surface area contributed by atoms with E-state index >= 15 is 0 Å². The molecule has 0 fully saturated rings. The van der Waals surface area contributed by atoms with Crippen LogP contribution in [0, 0.1) is 0 Å². The number of nitrogens with one attached hydrogen (secondary N) is 2. The second kappa shape index (κ2) is 6.48. The number of hydrogen-bond acceptors (Lipinski definition) is 7. The highest BCUT2D eigenvalue weighted by Crippen LogP contribution is 2.36. The molecule has 0 atom stereocenters. The summed E-state index contributed by atoms with van der Waals surface area (Å²) in [6, 6.07) is 13.3. The van der Waals surface area contributed by atoms with Gasteiger partial charge in [-0.3, -0.25) is 0 Å². The van der Waals surface area contributed by atoms with Gasteiger partial charge in [0.15, 0.2) is 23.1 Å². The maximum absolute atomic E-state index is 6.22. The molecule has 4 rings (SSSR count). The van der Waals surface area contributed by atoms with E-state index in [-0.39, 0.29) is 6.79 Å². The Bertz CT molecular complexity index is 935. The normalized spacial score (nSPS) is 12.0. The number of nitrogen functional groups attached to an aromatic ring is 1. The van der Waals surface area contributed by atoms with Gasteiger partial charge in [-0.1, -0.05) is 12.1 Å². The Kier molecular flexibility index (Phi) is 4.02. The number of nitrogens with zero attached hydrogens (tertiary/aromatic N) is 2. The van der Waals surface area contributed by atoms with Crippen LogP contribution in [0.1, 0.15) is 0 Å². The average Bonchev–Trinajstić information content (AvgIpc) is 3.08. The summed E-state index contributed by atoms with van der Waals surface area (Å²) in [5.74, 6) is 2.43. The lowest BCUT2D eigenvalue weighted by Gasteiger charge is -2.13. The van der Waals surface area contributed by atoms with E-state index in [9.17, 15) is 0 Å². The summed E-state index contributed by atoms with van der Waals surface area (Å²) in [4.78, 5) is 8.44. The van der Waals surface area contributed by atoms with Gasteiger partial charge in [0.25, 0.3) is 0 Å². The molecule has 1 aliphatic heterocycles. The highest BCUT2D eigenvalue weighted by atomic mass is 79.9. The fourth-order valence-electron chi connectivity index (χ4n) is 2.40.